The molecule has 0 atom stereocenters. The zero-order valence-electron chi connectivity index (χ0n) is 12.9. The Hall–Kier alpha value is -1.42. The lowest BCUT2D eigenvalue weighted by Gasteiger charge is -2.11. The molecular formula is C14H19ClFIN6. The Bertz CT molecular complexity index is 660. The van der Waals surface area contributed by atoms with Gasteiger partial charge in [0.25, 0.3) is 0 Å². The minimum absolute atomic E-state index is 0. The topological polar surface area (TPSA) is 67.1 Å². The molecule has 2 rings (SSSR count). The van der Waals surface area contributed by atoms with E-state index in [0.717, 1.165) is 17.9 Å². The second kappa shape index (κ2) is 9.66. The van der Waals surface area contributed by atoms with Crippen LogP contribution in [0.15, 0.2) is 29.5 Å². The van der Waals surface area contributed by atoms with Gasteiger partial charge in [-0.05, 0) is 24.6 Å². The number of benzene rings is 1. The number of rotatable bonds is 5. The molecule has 1 heterocycles. The fraction of sp³-hybridized carbons (Fsp3) is 0.357. The van der Waals surface area contributed by atoms with Gasteiger partial charge in [0.1, 0.15) is 18.0 Å². The summed E-state index contributed by atoms with van der Waals surface area (Å²) in [7, 11) is 1.83. The average Bonchev–Trinajstić information content (AvgIpc) is 2.91. The third-order valence-corrected chi connectivity index (χ3v) is 3.26. The molecule has 0 amide bonds. The number of hydrogen-bond donors (Lipinski definition) is 2. The van der Waals surface area contributed by atoms with Crippen LogP contribution < -0.4 is 10.6 Å². The van der Waals surface area contributed by atoms with Crippen LogP contribution in [0.5, 0.6) is 0 Å². The van der Waals surface area contributed by atoms with E-state index < -0.39 is 5.82 Å². The molecule has 9 heteroatoms. The summed E-state index contributed by atoms with van der Waals surface area (Å²) in [5, 5.41) is 10.4. The van der Waals surface area contributed by atoms with Crippen LogP contribution in [0.2, 0.25) is 5.02 Å². The molecule has 0 aliphatic heterocycles. The van der Waals surface area contributed by atoms with E-state index in [-0.39, 0.29) is 29.0 Å². The van der Waals surface area contributed by atoms with E-state index in [0.29, 0.717) is 19.0 Å². The number of halogens is 3. The number of aromatic nitrogens is 3. The Labute approximate surface area is 156 Å². The van der Waals surface area contributed by atoms with Crippen molar-refractivity contribution in [2.75, 3.05) is 6.54 Å². The molecule has 1 aromatic carbocycles. The molecule has 6 nitrogen and oxygen atoms in total. The van der Waals surface area contributed by atoms with E-state index in [1.807, 2.05) is 14.0 Å². The first kappa shape index (κ1) is 19.6. The maximum atomic E-state index is 13.1. The van der Waals surface area contributed by atoms with Gasteiger partial charge in [0.2, 0.25) is 0 Å². The van der Waals surface area contributed by atoms with Gasteiger partial charge in [0.05, 0.1) is 18.1 Å². The summed E-state index contributed by atoms with van der Waals surface area (Å²) in [6, 6.07) is 4.58. The van der Waals surface area contributed by atoms with Gasteiger partial charge in [-0.1, -0.05) is 17.7 Å². The second-order valence-corrected chi connectivity index (χ2v) is 5.00. The Morgan fingerprint density at radius 2 is 2.17 bits per heavy atom. The van der Waals surface area contributed by atoms with Crippen LogP contribution in [0.3, 0.4) is 0 Å². The molecule has 0 unspecified atom stereocenters. The van der Waals surface area contributed by atoms with Crippen LogP contribution in [0.1, 0.15) is 18.3 Å². The number of nitrogens with zero attached hydrogens (tertiary/aromatic N) is 4. The minimum atomic E-state index is -0.429. The standard InChI is InChI=1S/C14H18ClFN6.HI/c1-3-17-14(19-8-13-20-9-21-22(13)2)18-7-10-4-5-12(16)11(15)6-10;/h4-6,9H,3,7-8H2,1-2H3,(H2,17,18,19);1H. The fourth-order valence-corrected chi connectivity index (χ4v) is 2.00. The molecule has 0 aliphatic carbocycles. The molecule has 0 saturated heterocycles. The van der Waals surface area contributed by atoms with E-state index in [2.05, 4.69) is 25.7 Å². The molecule has 1 aromatic heterocycles. The third-order valence-electron chi connectivity index (χ3n) is 2.97. The Morgan fingerprint density at radius 3 is 2.78 bits per heavy atom. The molecule has 0 radical (unpaired) electrons. The summed E-state index contributed by atoms with van der Waals surface area (Å²) < 4.78 is 14.8. The predicted octanol–water partition coefficient (Wildman–Crippen LogP) is 2.48. The summed E-state index contributed by atoms with van der Waals surface area (Å²) in [6.07, 6.45) is 1.50. The highest BCUT2D eigenvalue weighted by molar-refractivity contribution is 14.0. The summed E-state index contributed by atoms with van der Waals surface area (Å²) >= 11 is 5.76. The van der Waals surface area contributed by atoms with Crippen molar-refractivity contribution in [3.8, 4) is 0 Å². The van der Waals surface area contributed by atoms with E-state index in [9.17, 15) is 4.39 Å². The largest absolute Gasteiger partial charge is 0.357 e. The first-order valence-electron chi connectivity index (χ1n) is 6.89. The van der Waals surface area contributed by atoms with Crippen molar-refractivity contribution < 1.29 is 4.39 Å². The summed E-state index contributed by atoms with van der Waals surface area (Å²) in [4.78, 5) is 8.57. The van der Waals surface area contributed by atoms with Crippen molar-refractivity contribution in [1.29, 1.82) is 0 Å². The van der Waals surface area contributed by atoms with Crippen LogP contribution in [0.25, 0.3) is 0 Å². The van der Waals surface area contributed by atoms with E-state index >= 15 is 0 Å². The summed E-state index contributed by atoms with van der Waals surface area (Å²) in [5.41, 5.74) is 0.835. The maximum absolute atomic E-state index is 13.1. The molecule has 0 spiro atoms. The van der Waals surface area contributed by atoms with Crippen LogP contribution in [0.4, 0.5) is 4.39 Å². The third kappa shape index (κ3) is 5.94. The average molecular weight is 453 g/mol. The van der Waals surface area contributed by atoms with Gasteiger partial charge in [0, 0.05) is 13.6 Å². The van der Waals surface area contributed by atoms with Crippen molar-refractivity contribution >= 4 is 41.5 Å². The Kier molecular flexibility index (Phi) is 8.24. The fourth-order valence-electron chi connectivity index (χ4n) is 1.79. The van der Waals surface area contributed by atoms with Crippen molar-refractivity contribution in [3.63, 3.8) is 0 Å². The van der Waals surface area contributed by atoms with Gasteiger partial charge in [-0.3, -0.25) is 4.68 Å². The monoisotopic (exact) mass is 452 g/mol. The highest BCUT2D eigenvalue weighted by atomic mass is 127. The second-order valence-electron chi connectivity index (χ2n) is 4.60. The summed E-state index contributed by atoms with van der Waals surface area (Å²) in [6.45, 7) is 3.61. The van der Waals surface area contributed by atoms with E-state index in [1.165, 1.54) is 12.4 Å². The van der Waals surface area contributed by atoms with Crippen molar-refractivity contribution in [2.45, 2.75) is 20.0 Å². The molecule has 2 aromatic rings. The maximum Gasteiger partial charge on any atom is 0.191 e. The van der Waals surface area contributed by atoms with E-state index in [4.69, 9.17) is 11.6 Å². The number of guanidine groups is 1. The zero-order chi connectivity index (χ0) is 15.9. The number of nitrogens with one attached hydrogen (secondary N) is 2. The first-order chi connectivity index (χ1) is 10.6. The number of aryl methyl sites for hydroxylation is 1. The van der Waals surface area contributed by atoms with Crippen LogP contribution >= 0.6 is 35.6 Å². The SMILES string of the molecule is CCNC(=NCc1ccc(F)c(Cl)c1)NCc1ncnn1C.I. The lowest BCUT2D eigenvalue weighted by Crippen LogP contribution is -2.37. The lowest BCUT2D eigenvalue weighted by molar-refractivity contribution is 0.627. The molecular weight excluding hydrogens is 434 g/mol. The predicted molar refractivity (Wildman–Crippen MR) is 99.5 cm³/mol. The molecule has 0 aliphatic rings. The van der Waals surface area contributed by atoms with Gasteiger partial charge in [0.15, 0.2) is 5.96 Å². The molecule has 0 bridgehead atoms. The molecule has 126 valence electrons. The van der Waals surface area contributed by atoms with Gasteiger partial charge < -0.3 is 10.6 Å². The molecule has 2 N–H and O–H groups in total. The number of hydrogen-bond acceptors (Lipinski definition) is 3. The highest BCUT2D eigenvalue weighted by Crippen LogP contribution is 2.16. The molecule has 23 heavy (non-hydrogen) atoms. The van der Waals surface area contributed by atoms with Gasteiger partial charge >= 0.3 is 0 Å². The lowest BCUT2D eigenvalue weighted by atomic mass is 10.2. The van der Waals surface area contributed by atoms with Gasteiger partial charge in [-0.2, -0.15) is 5.10 Å². The normalized spacial score (nSPS) is 11.0. The highest BCUT2D eigenvalue weighted by Gasteiger charge is 2.04. The Balaban J connectivity index is 0.00000264. The number of aliphatic imine (C=N–C) groups is 1. The van der Waals surface area contributed by atoms with Gasteiger partial charge in [-0.25, -0.2) is 14.4 Å². The zero-order valence-corrected chi connectivity index (χ0v) is 16.0. The van der Waals surface area contributed by atoms with Crippen LogP contribution in [0, 0.1) is 5.82 Å². The van der Waals surface area contributed by atoms with Crippen LogP contribution in [-0.2, 0) is 20.1 Å². The smallest absolute Gasteiger partial charge is 0.191 e. The van der Waals surface area contributed by atoms with E-state index in [1.54, 1.807) is 16.8 Å². The van der Waals surface area contributed by atoms with Crippen molar-refractivity contribution in [3.05, 3.63) is 46.8 Å². The quantitative estimate of drug-likeness (QED) is 0.416. The van der Waals surface area contributed by atoms with Crippen molar-refractivity contribution in [2.24, 2.45) is 12.0 Å². The minimum Gasteiger partial charge on any atom is -0.357 e. The Morgan fingerprint density at radius 1 is 1.39 bits per heavy atom. The molecule has 0 saturated carbocycles. The summed E-state index contributed by atoms with van der Waals surface area (Å²) in [5.74, 6) is 1.02. The van der Waals surface area contributed by atoms with Crippen LogP contribution in [-0.4, -0.2) is 27.3 Å². The first-order valence-corrected chi connectivity index (χ1v) is 7.27. The van der Waals surface area contributed by atoms with Crippen molar-refractivity contribution in [1.82, 2.24) is 25.4 Å². The molecule has 0 fully saturated rings. The van der Waals surface area contributed by atoms with Gasteiger partial charge in [-0.15, -0.1) is 24.0 Å².